The molecule has 19 heavy (non-hydrogen) atoms. The Morgan fingerprint density at radius 1 is 1.42 bits per heavy atom. The molecule has 6 nitrogen and oxygen atoms in total. The number of amides is 1. The van der Waals surface area contributed by atoms with Gasteiger partial charge in [0.15, 0.2) is 0 Å². The minimum atomic E-state index is -0.999. The number of para-hydroxylation sites is 1. The van der Waals surface area contributed by atoms with Gasteiger partial charge in [-0.1, -0.05) is 12.1 Å². The minimum Gasteiger partial charge on any atom is -0.481 e. The number of fused-ring (bicyclic) bond motifs is 1. The first-order valence-electron chi connectivity index (χ1n) is 5.67. The minimum absolute atomic E-state index is 0.180. The van der Waals surface area contributed by atoms with Crippen LogP contribution in [-0.2, 0) is 9.59 Å². The maximum atomic E-state index is 11.3. The highest BCUT2D eigenvalue weighted by Gasteiger charge is 2.21. The van der Waals surface area contributed by atoms with Gasteiger partial charge in [0.25, 0.3) is 0 Å². The van der Waals surface area contributed by atoms with Crippen LogP contribution in [0.5, 0.6) is 0 Å². The Labute approximate surface area is 113 Å². The molecule has 0 aliphatic carbocycles. The summed E-state index contributed by atoms with van der Waals surface area (Å²) in [6, 6.07) is 6.84. The van der Waals surface area contributed by atoms with Crippen LogP contribution in [0.1, 0.15) is 17.5 Å². The molecule has 1 aromatic carbocycles. The molecule has 1 amide bonds. The monoisotopic (exact) mass is 279 g/mol. The average Bonchev–Trinajstić information content (AvgIpc) is 2.80. The van der Waals surface area contributed by atoms with Gasteiger partial charge in [-0.25, -0.2) is 4.98 Å². The van der Waals surface area contributed by atoms with E-state index in [0.717, 1.165) is 10.2 Å². The van der Waals surface area contributed by atoms with Crippen molar-refractivity contribution in [2.75, 3.05) is 6.54 Å². The maximum Gasteiger partial charge on any atom is 0.305 e. The number of aliphatic carboxylic acids is 1. The predicted octanol–water partition coefficient (Wildman–Crippen LogP) is 0.887. The summed E-state index contributed by atoms with van der Waals surface area (Å²) >= 11 is 1.37. The van der Waals surface area contributed by atoms with Crippen LogP contribution in [0.4, 0.5) is 0 Å². The summed E-state index contributed by atoms with van der Waals surface area (Å²) in [4.78, 5) is 26.6. The van der Waals surface area contributed by atoms with Crippen molar-refractivity contribution in [3.05, 3.63) is 29.3 Å². The first-order valence-corrected chi connectivity index (χ1v) is 6.48. The van der Waals surface area contributed by atoms with Crippen molar-refractivity contribution in [2.45, 2.75) is 12.5 Å². The lowest BCUT2D eigenvalue weighted by Gasteiger charge is -2.13. The van der Waals surface area contributed by atoms with Crippen molar-refractivity contribution in [1.82, 2.24) is 10.3 Å². The third kappa shape index (κ3) is 3.27. The number of carboxylic acids is 1. The van der Waals surface area contributed by atoms with E-state index in [1.807, 2.05) is 24.3 Å². The number of nitrogens with one attached hydrogen (secondary N) is 1. The number of aromatic nitrogens is 1. The molecule has 1 unspecified atom stereocenters. The van der Waals surface area contributed by atoms with Gasteiger partial charge in [-0.15, -0.1) is 11.3 Å². The van der Waals surface area contributed by atoms with E-state index in [9.17, 15) is 9.59 Å². The van der Waals surface area contributed by atoms with E-state index in [4.69, 9.17) is 10.8 Å². The normalized spacial score (nSPS) is 12.3. The third-order valence-corrected chi connectivity index (χ3v) is 3.66. The molecule has 1 atom stereocenters. The summed E-state index contributed by atoms with van der Waals surface area (Å²) in [5, 5.41) is 12.1. The number of benzene rings is 1. The summed E-state index contributed by atoms with van der Waals surface area (Å²) in [7, 11) is 0. The van der Waals surface area contributed by atoms with Gasteiger partial charge in [-0.05, 0) is 12.1 Å². The number of hydrogen-bond donors (Lipinski definition) is 3. The molecule has 1 heterocycles. The van der Waals surface area contributed by atoms with Gasteiger partial charge in [0, 0.05) is 0 Å². The summed E-state index contributed by atoms with van der Waals surface area (Å²) < 4.78 is 0.954. The van der Waals surface area contributed by atoms with Crippen molar-refractivity contribution >= 4 is 33.4 Å². The van der Waals surface area contributed by atoms with E-state index >= 15 is 0 Å². The summed E-state index contributed by atoms with van der Waals surface area (Å²) in [6.45, 7) is -0.180. The predicted molar refractivity (Wildman–Crippen MR) is 71.8 cm³/mol. The number of thiazole rings is 1. The Morgan fingerprint density at radius 2 is 2.16 bits per heavy atom. The molecule has 2 aromatic rings. The van der Waals surface area contributed by atoms with Crippen LogP contribution >= 0.6 is 11.3 Å². The van der Waals surface area contributed by atoms with Crippen LogP contribution in [0.2, 0.25) is 0 Å². The molecule has 0 spiro atoms. The second kappa shape index (κ2) is 5.77. The van der Waals surface area contributed by atoms with Crippen LogP contribution < -0.4 is 11.1 Å². The Balaban J connectivity index is 2.30. The van der Waals surface area contributed by atoms with Crippen molar-refractivity contribution in [3.63, 3.8) is 0 Å². The molecular formula is C12H13N3O3S. The standard InChI is InChI=1S/C12H13N3O3S/c13-6-10(16)14-8(5-11(17)18)12-15-7-3-1-2-4-9(7)19-12/h1-4,8H,5-6,13H2,(H,14,16)(H,17,18). The first-order chi connectivity index (χ1) is 9.10. The van der Waals surface area contributed by atoms with Crippen LogP contribution in [0, 0.1) is 0 Å². The molecular weight excluding hydrogens is 266 g/mol. The van der Waals surface area contributed by atoms with Gasteiger partial charge < -0.3 is 16.2 Å². The fourth-order valence-electron chi connectivity index (χ4n) is 1.67. The van der Waals surface area contributed by atoms with Gasteiger partial charge in [-0.2, -0.15) is 0 Å². The van der Waals surface area contributed by atoms with Crippen molar-refractivity contribution in [1.29, 1.82) is 0 Å². The van der Waals surface area contributed by atoms with Crippen LogP contribution in [-0.4, -0.2) is 28.5 Å². The van der Waals surface area contributed by atoms with Gasteiger partial charge in [0.05, 0.1) is 29.2 Å². The molecule has 0 fully saturated rings. The van der Waals surface area contributed by atoms with Crippen molar-refractivity contribution in [3.8, 4) is 0 Å². The topological polar surface area (TPSA) is 105 Å². The number of rotatable bonds is 5. The molecule has 100 valence electrons. The number of carbonyl (C=O) groups excluding carboxylic acids is 1. The highest BCUT2D eigenvalue weighted by molar-refractivity contribution is 7.18. The highest BCUT2D eigenvalue weighted by atomic mass is 32.1. The third-order valence-electron chi connectivity index (χ3n) is 2.51. The quantitative estimate of drug-likeness (QED) is 0.753. The fourth-order valence-corrected chi connectivity index (χ4v) is 2.69. The zero-order valence-corrected chi connectivity index (χ0v) is 10.8. The van der Waals surface area contributed by atoms with E-state index < -0.39 is 17.9 Å². The van der Waals surface area contributed by atoms with E-state index in [2.05, 4.69) is 10.3 Å². The molecule has 7 heteroatoms. The lowest BCUT2D eigenvalue weighted by molar-refractivity contribution is -0.137. The molecule has 1 aromatic heterocycles. The van der Waals surface area contributed by atoms with E-state index in [-0.39, 0.29) is 13.0 Å². The molecule has 0 bridgehead atoms. The molecule has 2 rings (SSSR count). The second-order valence-corrected chi connectivity index (χ2v) is 5.00. The summed E-state index contributed by atoms with van der Waals surface area (Å²) in [5.41, 5.74) is 6.02. The molecule has 0 aliphatic rings. The Kier molecular flexibility index (Phi) is 4.08. The van der Waals surface area contributed by atoms with Gasteiger partial charge >= 0.3 is 5.97 Å². The van der Waals surface area contributed by atoms with Crippen LogP contribution in [0.15, 0.2) is 24.3 Å². The van der Waals surface area contributed by atoms with Crippen LogP contribution in [0.25, 0.3) is 10.2 Å². The Hall–Kier alpha value is -1.99. The fraction of sp³-hybridized carbons (Fsp3) is 0.250. The SMILES string of the molecule is NCC(=O)NC(CC(=O)O)c1nc2ccccc2s1. The lowest BCUT2D eigenvalue weighted by atomic mass is 10.2. The number of carbonyl (C=O) groups is 2. The molecule has 0 aliphatic heterocycles. The molecule has 0 saturated carbocycles. The zero-order valence-electron chi connectivity index (χ0n) is 10.00. The Morgan fingerprint density at radius 3 is 2.79 bits per heavy atom. The zero-order chi connectivity index (χ0) is 13.8. The average molecular weight is 279 g/mol. The first kappa shape index (κ1) is 13.4. The number of nitrogens with two attached hydrogens (primary N) is 1. The number of nitrogens with zero attached hydrogens (tertiary/aromatic N) is 1. The second-order valence-electron chi connectivity index (χ2n) is 3.94. The Bertz CT molecular complexity index is 578. The molecule has 4 N–H and O–H groups in total. The van der Waals surface area contributed by atoms with E-state index in [0.29, 0.717) is 5.01 Å². The molecule has 0 saturated heterocycles. The van der Waals surface area contributed by atoms with Gasteiger partial charge in [-0.3, -0.25) is 9.59 Å². The maximum absolute atomic E-state index is 11.3. The number of hydrogen-bond acceptors (Lipinski definition) is 5. The number of carboxylic acid groups (broad SMARTS) is 1. The lowest BCUT2D eigenvalue weighted by Crippen LogP contribution is -2.34. The highest BCUT2D eigenvalue weighted by Crippen LogP contribution is 2.27. The van der Waals surface area contributed by atoms with Gasteiger partial charge in [0.2, 0.25) is 5.91 Å². The van der Waals surface area contributed by atoms with Crippen LogP contribution in [0.3, 0.4) is 0 Å². The van der Waals surface area contributed by atoms with E-state index in [1.54, 1.807) is 0 Å². The summed E-state index contributed by atoms with van der Waals surface area (Å²) in [6.07, 6.45) is -0.217. The van der Waals surface area contributed by atoms with Crippen molar-refractivity contribution in [2.24, 2.45) is 5.73 Å². The summed E-state index contributed by atoms with van der Waals surface area (Å²) in [5.74, 6) is -1.40. The smallest absolute Gasteiger partial charge is 0.305 e. The van der Waals surface area contributed by atoms with E-state index in [1.165, 1.54) is 11.3 Å². The van der Waals surface area contributed by atoms with Crippen molar-refractivity contribution < 1.29 is 14.7 Å². The molecule has 0 radical (unpaired) electrons. The van der Waals surface area contributed by atoms with Gasteiger partial charge in [0.1, 0.15) is 5.01 Å². The largest absolute Gasteiger partial charge is 0.481 e.